The first kappa shape index (κ1) is 14.4. The van der Waals surface area contributed by atoms with Gasteiger partial charge in [-0.3, -0.25) is 0 Å². The number of imidazole rings is 1. The third-order valence-corrected chi connectivity index (χ3v) is 3.74. The molecule has 0 atom stereocenters. The Morgan fingerprint density at radius 3 is 2.58 bits per heavy atom. The molecule has 2 aromatic rings. The van der Waals surface area contributed by atoms with E-state index in [1.165, 1.54) is 6.07 Å². The first-order valence-electron chi connectivity index (χ1n) is 5.97. The van der Waals surface area contributed by atoms with Crippen molar-refractivity contribution in [1.82, 2.24) is 14.9 Å². The van der Waals surface area contributed by atoms with E-state index in [4.69, 9.17) is 12.2 Å². The van der Waals surface area contributed by atoms with Gasteiger partial charge < -0.3 is 14.9 Å². The molecule has 104 valence electrons. The van der Waals surface area contributed by atoms with E-state index in [-0.39, 0.29) is 24.0 Å². The lowest BCUT2D eigenvalue weighted by Gasteiger charge is -2.24. The molecule has 1 aromatic carbocycles. The summed E-state index contributed by atoms with van der Waals surface area (Å²) >= 11 is 5.23. The van der Waals surface area contributed by atoms with Gasteiger partial charge in [0.1, 0.15) is 5.52 Å². The zero-order valence-electron chi connectivity index (χ0n) is 10.1. The van der Waals surface area contributed by atoms with Gasteiger partial charge in [-0.1, -0.05) is 0 Å². The Morgan fingerprint density at radius 2 is 1.89 bits per heavy atom. The highest BCUT2D eigenvalue weighted by Crippen LogP contribution is 2.27. The quantitative estimate of drug-likeness (QED) is 0.792. The molecule has 0 spiro atoms. The van der Waals surface area contributed by atoms with Gasteiger partial charge in [0, 0.05) is 6.04 Å². The molecule has 1 saturated heterocycles. The number of halogens is 3. The SMILES string of the molecule is Cl.Fc1ccc2[nH]c(=S)n(C3CCNCC3)c2c1F. The van der Waals surface area contributed by atoms with Crippen LogP contribution in [0.5, 0.6) is 0 Å². The predicted molar refractivity (Wildman–Crippen MR) is 75.4 cm³/mol. The van der Waals surface area contributed by atoms with Crippen LogP contribution in [-0.4, -0.2) is 22.6 Å². The average molecular weight is 306 g/mol. The molecule has 7 heteroatoms. The van der Waals surface area contributed by atoms with Gasteiger partial charge in [-0.25, -0.2) is 8.78 Å². The summed E-state index contributed by atoms with van der Waals surface area (Å²) in [5.74, 6) is -1.66. The minimum absolute atomic E-state index is 0. The second-order valence-electron chi connectivity index (χ2n) is 4.54. The molecule has 2 N–H and O–H groups in total. The summed E-state index contributed by atoms with van der Waals surface area (Å²) < 4.78 is 29.5. The molecule has 0 bridgehead atoms. The fraction of sp³-hybridized carbons (Fsp3) is 0.417. The van der Waals surface area contributed by atoms with Crippen molar-refractivity contribution in [2.24, 2.45) is 0 Å². The van der Waals surface area contributed by atoms with Gasteiger partial charge in [-0.15, -0.1) is 12.4 Å². The molecule has 0 aliphatic carbocycles. The summed E-state index contributed by atoms with van der Waals surface area (Å²) in [7, 11) is 0. The number of hydrogen-bond donors (Lipinski definition) is 2. The standard InChI is InChI=1S/C12H13F2N3S.ClH/c13-8-1-2-9-11(10(8)14)17(12(18)16-9)7-3-5-15-6-4-7;/h1-2,7,15H,3-6H2,(H,16,18);1H. The van der Waals surface area contributed by atoms with E-state index in [9.17, 15) is 8.78 Å². The molecular weight excluding hydrogens is 292 g/mol. The van der Waals surface area contributed by atoms with E-state index >= 15 is 0 Å². The predicted octanol–water partition coefficient (Wildman–Crippen LogP) is 3.32. The molecule has 1 aromatic heterocycles. The molecule has 3 nitrogen and oxygen atoms in total. The van der Waals surface area contributed by atoms with Crippen molar-refractivity contribution in [3.8, 4) is 0 Å². The minimum Gasteiger partial charge on any atom is -0.330 e. The zero-order chi connectivity index (χ0) is 12.7. The average Bonchev–Trinajstić information content (AvgIpc) is 2.72. The molecule has 3 rings (SSSR count). The van der Waals surface area contributed by atoms with Crippen molar-refractivity contribution in [3.63, 3.8) is 0 Å². The van der Waals surface area contributed by atoms with Crippen molar-refractivity contribution in [1.29, 1.82) is 0 Å². The van der Waals surface area contributed by atoms with E-state index in [1.807, 2.05) is 0 Å². The highest BCUT2D eigenvalue weighted by molar-refractivity contribution is 7.71. The van der Waals surface area contributed by atoms with E-state index < -0.39 is 11.6 Å². The van der Waals surface area contributed by atoms with Crippen LogP contribution in [0, 0.1) is 16.4 Å². The fourth-order valence-corrected chi connectivity index (χ4v) is 2.92. The lowest BCUT2D eigenvalue weighted by atomic mass is 10.1. The zero-order valence-corrected chi connectivity index (χ0v) is 11.7. The van der Waals surface area contributed by atoms with Gasteiger partial charge in [0.15, 0.2) is 16.4 Å². The number of piperidine rings is 1. The number of nitrogens with one attached hydrogen (secondary N) is 2. The summed E-state index contributed by atoms with van der Waals surface area (Å²) in [6.45, 7) is 1.74. The van der Waals surface area contributed by atoms with Gasteiger partial charge in [0.25, 0.3) is 0 Å². The molecule has 0 radical (unpaired) electrons. The van der Waals surface area contributed by atoms with Gasteiger partial charge in [0.2, 0.25) is 0 Å². The summed E-state index contributed by atoms with van der Waals surface area (Å²) in [5.41, 5.74) is 0.810. The monoisotopic (exact) mass is 305 g/mol. The van der Waals surface area contributed by atoms with Crippen molar-refractivity contribution >= 4 is 35.7 Å². The Bertz CT molecular complexity index is 646. The maximum Gasteiger partial charge on any atom is 0.184 e. The van der Waals surface area contributed by atoms with Crippen LogP contribution in [0.3, 0.4) is 0 Å². The summed E-state index contributed by atoms with van der Waals surface area (Å²) in [5, 5.41) is 3.24. The molecule has 1 aliphatic rings. The highest BCUT2D eigenvalue weighted by Gasteiger charge is 2.21. The third kappa shape index (κ3) is 2.40. The highest BCUT2D eigenvalue weighted by atomic mass is 35.5. The van der Waals surface area contributed by atoms with Crippen molar-refractivity contribution in [3.05, 3.63) is 28.5 Å². The van der Waals surface area contributed by atoms with Gasteiger partial charge in [-0.05, 0) is 50.3 Å². The van der Waals surface area contributed by atoms with Crippen LogP contribution in [0.4, 0.5) is 8.78 Å². The van der Waals surface area contributed by atoms with Crippen LogP contribution < -0.4 is 5.32 Å². The number of fused-ring (bicyclic) bond motifs is 1. The molecule has 19 heavy (non-hydrogen) atoms. The number of hydrogen-bond acceptors (Lipinski definition) is 2. The van der Waals surface area contributed by atoms with Crippen LogP contribution in [-0.2, 0) is 0 Å². The normalized spacial score (nSPS) is 16.5. The number of aromatic nitrogens is 2. The topological polar surface area (TPSA) is 32.8 Å². The molecule has 0 amide bonds. The number of benzene rings is 1. The molecule has 0 saturated carbocycles. The molecular formula is C12H14ClF2N3S. The van der Waals surface area contributed by atoms with E-state index in [0.717, 1.165) is 32.0 Å². The van der Waals surface area contributed by atoms with Crippen LogP contribution in [0.1, 0.15) is 18.9 Å². The smallest absolute Gasteiger partial charge is 0.184 e. The summed E-state index contributed by atoms with van der Waals surface area (Å²) in [6, 6.07) is 2.78. The molecule has 1 aliphatic heterocycles. The fourth-order valence-electron chi connectivity index (χ4n) is 2.57. The van der Waals surface area contributed by atoms with E-state index in [2.05, 4.69) is 10.3 Å². The Labute approximate surface area is 120 Å². The van der Waals surface area contributed by atoms with E-state index in [0.29, 0.717) is 10.3 Å². The number of H-pyrrole nitrogens is 1. The van der Waals surface area contributed by atoms with Crippen molar-refractivity contribution in [2.75, 3.05) is 13.1 Å². The number of nitrogens with zero attached hydrogens (tertiary/aromatic N) is 1. The van der Waals surface area contributed by atoms with Crippen LogP contribution in [0.25, 0.3) is 11.0 Å². The van der Waals surface area contributed by atoms with Crippen LogP contribution in [0.15, 0.2) is 12.1 Å². The van der Waals surface area contributed by atoms with Gasteiger partial charge in [-0.2, -0.15) is 0 Å². The molecule has 2 heterocycles. The minimum atomic E-state index is -0.834. The Kier molecular flexibility index (Phi) is 4.23. The first-order chi connectivity index (χ1) is 8.68. The largest absolute Gasteiger partial charge is 0.330 e. The number of aromatic amines is 1. The summed E-state index contributed by atoms with van der Waals surface area (Å²) in [6.07, 6.45) is 1.74. The second kappa shape index (κ2) is 5.56. The van der Waals surface area contributed by atoms with Crippen molar-refractivity contribution < 1.29 is 8.78 Å². The lowest BCUT2D eigenvalue weighted by molar-refractivity contribution is 0.369. The Morgan fingerprint density at radius 1 is 1.21 bits per heavy atom. The Hall–Kier alpha value is -0.980. The van der Waals surface area contributed by atoms with Gasteiger partial charge >= 0.3 is 0 Å². The maximum absolute atomic E-state index is 13.9. The van der Waals surface area contributed by atoms with Crippen molar-refractivity contribution in [2.45, 2.75) is 18.9 Å². The van der Waals surface area contributed by atoms with Gasteiger partial charge in [0.05, 0.1) is 5.52 Å². The molecule has 1 fully saturated rings. The molecule has 0 unspecified atom stereocenters. The summed E-state index contributed by atoms with van der Waals surface area (Å²) in [4.78, 5) is 2.94. The van der Waals surface area contributed by atoms with E-state index in [1.54, 1.807) is 4.57 Å². The van der Waals surface area contributed by atoms with Crippen LogP contribution >= 0.6 is 24.6 Å². The third-order valence-electron chi connectivity index (χ3n) is 3.44. The maximum atomic E-state index is 13.9. The number of rotatable bonds is 1. The van der Waals surface area contributed by atoms with Crippen LogP contribution in [0.2, 0.25) is 0 Å². The second-order valence-corrected chi connectivity index (χ2v) is 4.93. The Balaban J connectivity index is 0.00000133. The lowest BCUT2D eigenvalue weighted by Crippen LogP contribution is -2.29. The first-order valence-corrected chi connectivity index (χ1v) is 6.38.